The molecule has 0 amide bonds. The Bertz CT molecular complexity index is 316. The monoisotopic (exact) mass is 253 g/mol. The van der Waals surface area contributed by atoms with Crippen molar-refractivity contribution in [2.45, 2.75) is 12.0 Å². The maximum Gasteiger partial charge on any atom is 0.328 e. The van der Waals surface area contributed by atoms with Gasteiger partial charge in [-0.3, -0.25) is 0 Å². The molecule has 0 aliphatic carbocycles. The molecule has 0 fully saturated rings. The average Bonchev–Trinajstić information content (AvgIpc) is 2.56. The number of rotatable bonds is 4. The fraction of sp³-hybridized carbons (Fsp3) is 0.250. The van der Waals surface area contributed by atoms with Crippen molar-refractivity contribution in [3.63, 3.8) is 0 Å². The van der Waals surface area contributed by atoms with Gasteiger partial charge in [-0.1, -0.05) is 6.08 Å². The molecule has 1 atom stereocenters. The van der Waals surface area contributed by atoms with Crippen LogP contribution in [-0.2, 0) is 11.2 Å². The number of carboxylic acids is 1. The van der Waals surface area contributed by atoms with Gasteiger partial charge in [0.15, 0.2) is 0 Å². The number of nitrogens with one attached hydrogen (secondary N) is 1. The molecule has 86 valence electrons. The summed E-state index contributed by atoms with van der Waals surface area (Å²) in [6.07, 6.45) is 4.42. The van der Waals surface area contributed by atoms with Crippen molar-refractivity contribution in [1.29, 1.82) is 0 Å². The largest absolute Gasteiger partial charge is 0.480 e. The number of H-pyrrole nitrogens is 1. The summed E-state index contributed by atoms with van der Waals surface area (Å²) >= 11 is 0. The molecule has 1 heterocycles. The zero-order valence-corrected chi connectivity index (χ0v) is 9.48. The molecule has 0 aliphatic rings. The third-order valence-corrected chi connectivity index (χ3v) is 1.79. The first-order chi connectivity index (χ1) is 6.08. The van der Waals surface area contributed by atoms with Crippen molar-refractivity contribution >= 4 is 30.8 Å². The van der Waals surface area contributed by atoms with Crippen molar-refractivity contribution in [2.24, 2.45) is 5.73 Å². The topological polar surface area (TPSA) is 92.0 Å². The first-order valence-corrected chi connectivity index (χ1v) is 3.72. The number of nitrogens with zero attached hydrogens (tertiary/aromatic N) is 1. The van der Waals surface area contributed by atoms with Crippen molar-refractivity contribution in [1.82, 2.24) is 9.97 Å². The van der Waals surface area contributed by atoms with E-state index >= 15 is 0 Å². The van der Waals surface area contributed by atoms with Gasteiger partial charge in [-0.25, -0.2) is 9.78 Å². The number of halogens is 2. The summed E-state index contributed by atoms with van der Waals surface area (Å²) in [6, 6.07) is 0. The molecule has 1 aromatic rings. The molecule has 1 rings (SSSR count). The van der Waals surface area contributed by atoms with Crippen LogP contribution in [0.5, 0.6) is 0 Å². The molecule has 0 aliphatic heterocycles. The van der Waals surface area contributed by atoms with Crippen LogP contribution in [-0.4, -0.2) is 26.6 Å². The summed E-state index contributed by atoms with van der Waals surface area (Å²) in [6.45, 7) is 3.39. The van der Waals surface area contributed by atoms with E-state index < -0.39 is 11.5 Å². The van der Waals surface area contributed by atoms with Crippen LogP contribution in [0, 0.1) is 0 Å². The summed E-state index contributed by atoms with van der Waals surface area (Å²) in [5.74, 6) is -1.11. The van der Waals surface area contributed by atoms with E-state index in [0.717, 1.165) is 0 Å². The van der Waals surface area contributed by atoms with Gasteiger partial charge in [0.1, 0.15) is 5.54 Å². The highest BCUT2D eigenvalue weighted by atomic mass is 35.5. The second kappa shape index (κ2) is 6.44. The Morgan fingerprint density at radius 3 is 2.67 bits per heavy atom. The highest BCUT2D eigenvalue weighted by Crippen LogP contribution is 2.09. The Hall–Kier alpha value is -1.04. The van der Waals surface area contributed by atoms with E-state index in [2.05, 4.69) is 16.5 Å². The highest BCUT2D eigenvalue weighted by Gasteiger charge is 2.31. The predicted molar refractivity (Wildman–Crippen MR) is 61.5 cm³/mol. The maximum absolute atomic E-state index is 10.7. The van der Waals surface area contributed by atoms with Gasteiger partial charge < -0.3 is 15.8 Å². The predicted octanol–water partition coefficient (Wildman–Crippen LogP) is 0.764. The van der Waals surface area contributed by atoms with Gasteiger partial charge in [-0.2, -0.15) is 0 Å². The quantitative estimate of drug-likeness (QED) is 0.692. The third kappa shape index (κ3) is 3.91. The van der Waals surface area contributed by atoms with E-state index in [1.165, 1.54) is 12.4 Å². The smallest absolute Gasteiger partial charge is 0.328 e. The van der Waals surface area contributed by atoms with E-state index in [0.29, 0.717) is 5.69 Å². The molecular formula is C8H13Cl2N3O2. The maximum atomic E-state index is 10.7. The van der Waals surface area contributed by atoms with Crippen molar-refractivity contribution < 1.29 is 9.90 Å². The second-order valence-corrected chi connectivity index (χ2v) is 2.79. The molecule has 0 radical (unpaired) electrons. The Labute approximate surface area is 99.6 Å². The fourth-order valence-electron chi connectivity index (χ4n) is 0.922. The van der Waals surface area contributed by atoms with E-state index in [4.69, 9.17) is 10.8 Å². The van der Waals surface area contributed by atoms with Crippen LogP contribution in [0.1, 0.15) is 5.69 Å². The molecule has 0 unspecified atom stereocenters. The van der Waals surface area contributed by atoms with Gasteiger partial charge in [0.05, 0.1) is 12.0 Å². The highest BCUT2D eigenvalue weighted by molar-refractivity contribution is 5.85. The van der Waals surface area contributed by atoms with E-state index in [9.17, 15) is 4.79 Å². The number of nitrogens with two attached hydrogens (primary N) is 1. The molecule has 7 heteroatoms. The molecule has 0 aromatic carbocycles. The first-order valence-electron chi connectivity index (χ1n) is 3.72. The molecular weight excluding hydrogens is 241 g/mol. The summed E-state index contributed by atoms with van der Waals surface area (Å²) in [5.41, 5.74) is 4.73. The van der Waals surface area contributed by atoms with Crippen LogP contribution in [0.3, 0.4) is 0 Å². The lowest BCUT2D eigenvalue weighted by Gasteiger charge is -2.18. The Morgan fingerprint density at radius 2 is 2.33 bits per heavy atom. The van der Waals surface area contributed by atoms with Crippen LogP contribution >= 0.6 is 24.8 Å². The number of aromatic nitrogens is 2. The van der Waals surface area contributed by atoms with Crippen LogP contribution in [0.15, 0.2) is 25.2 Å². The number of carbonyl (C=O) groups is 1. The minimum Gasteiger partial charge on any atom is -0.480 e. The van der Waals surface area contributed by atoms with Crippen molar-refractivity contribution in [2.75, 3.05) is 0 Å². The molecule has 4 N–H and O–H groups in total. The van der Waals surface area contributed by atoms with Gasteiger partial charge in [0.2, 0.25) is 0 Å². The van der Waals surface area contributed by atoms with Gasteiger partial charge in [-0.05, 0) is 0 Å². The second-order valence-electron chi connectivity index (χ2n) is 2.79. The summed E-state index contributed by atoms with van der Waals surface area (Å²) in [7, 11) is 0. The SMILES string of the molecule is C=C[C@](N)(Cc1c[nH]cn1)C(=O)O.Cl.Cl. The molecule has 1 aromatic heterocycles. The molecule has 0 saturated heterocycles. The Balaban J connectivity index is 0. The lowest BCUT2D eigenvalue weighted by molar-refractivity contribution is -0.141. The fourth-order valence-corrected chi connectivity index (χ4v) is 0.922. The van der Waals surface area contributed by atoms with Crippen molar-refractivity contribution in [3.8, 4) is 0 Å². The molecule has 0 bridgehead atoms. The lowest BCUT2D eigenvalue weighted by Crippen LogP contribution is -2.47. The summed E-state index contributed by atoms with van der Waals surface area (Å²) < 4.78 is 0. The van der Waals surface area contributed by atoms with E-state index in [1.54, 1.807) is 6.20 Å². The zero-order chi connectivity index (χ0) is 9.90. The molecule has 15 heavy (non-hydrogen) atoms. The number of hydrogen-bond acceptors (Lipinski definition) is 3. The molecule has 5 nitrogen and oxygen atoms in total. The van der Waals surface area contributed by atoms with Gasteiger partial charge >= 0.3 is 5.97 Å². The first kappa shape index (κ1) is 16.4. The standard InChI is InChI=1S/C8H11N3O2.2ClH/c1-2-8(9,7(12)13)3-6-4-10-5-11-6;;/h2,4-5H,1,3,9H2,(H,10,11)(H,12,13);2*1H/t8-;;/m0../s1. The number of imidazole rings is 1. The number of aromatic amines is 1. The van der Waals surface area contributed by atoms with Crippen LogP contribution in [0.25, 0.3) is 0 Å². The minimum absolute atomic E-state index is 0. The van der Waals surface area contributed by atoms with Gasteiger partial charge in [0, 0.05) is 12.6 Å². The van der Waals surface area contributed by atoms with E-state index in [-0.39, 0.29) is 31.2 Å². The lowest BCUT2D eigenvalue weighted by atomic mass is 9.95. The number of hydrogen-bond donors (Lipinski definition) is 3. The molecule has 0 spiro atoms. The van der Waals surface area contributed by atoms with Gasteiger partial charge in [-0.15, -0.1) is 31.4 Å². The number of carboxylic acid groups (broad SMARTS) is 1. The molecule has 0 saturated carbocycles. The van der Waals surface area contributed by atoms with Crippen LogP contribution in [0.4, 0.5) is 0 Å². The summed E-state index contributed by atoms with van der Waals surface area (Å²) in [5, 5.41) is 8.80. The third-order valence-electron chi connectivity index (χ3n) is 1.79. The van der Waals surface area contributed by atoms with Crippen LogP contribution in [0.2, 0.25) is 0 Å². The Morgan fingerprint density at radius 1 is 1.73 bits per heavy atom. The van der Waals surface area contributed by atoms with Crippen LogP contribution < -0.4 is 5.73 Å². The minimum atomic E-state index is -1.44. The average molecular weight is 254 g/mol. The van der Waals surface area contributed by atoms with Gasteiger partial charge in [0.25, 0.3) is 0 Å². The summed E-state index contributed by atoms with van der Waals surface area (Å²) in [4.78, 5) is 17.4. The Kier molecular flexibility index (Phi) is 7.04. The normalized spacial score (nSPS) is 12.9. The number of aliphatic carboxylic acids is 1. The van der Waals surface area contributed by atoms with Crippen molar-refractivity contribution in [3.05, 3.63) is 30.9 Å². The van der Waals surface area contributed by atoms with E-state index in [1.807, 2.05) is 0 Å². The zero-order valence-electron chi connectivity index (χ0n) is 7.84.